The van der Waals surface area contributed by atoms with E-state index in [0.717, 1.165) is 5.70 Å². The highest BCUT2D eigenvalue weighted by atomic mass is 16.5. The maximum Gasteiger partial charge on any atom is 0.336 e. The fourth-order valence-corrected chi connectivity index (χ4v) is 4.94. The van der Waals surface area contributed by atoms with Gasteiger partial charge >= 0.3 is 11.9 Å². The highest BCUT2D eigenvalue weighted by molar-refractivity contribution is 6.12. The molecule has 4 rings (SSSR count). The number of Topliss-reactive ketones (excluding diaryl/α,β-unsaturated/α-hetero) is 1. The second-order valence-electron chi connectivity index (χ2n) is 9.16. The van der Waals surface area contributed by atoms with E-state index in [2.05, 4.69) is 5.32 Å². The average molecular weight is 490 g/mol. The Hall–Kier alpha value is -3.87. The van der Waals surface area contributed by atoms with Gasteiger partial charge in [0, 0.05) is 22.9 Å². The van der Waals surface area contributed by atoms with Crippen molar-refractivity contribution < 1.29 is 28.6 Å². The molecule has 0 spiro atoms. The number of benzene rings is 2. The summed E-state index contributed by atoms with van der Waals surface area (Å²) < 4.78 is 16.5. The SMILES string of the molecule is CCCOC(=O)C1=C(C)NC2=C(C(=O)[C@H](C(=O)OC)[C@@H](C)C2)[C@@H]1c1cccc(Oc2ccccc2)c1. The van der Waals surface area contributed by atoms with Crippen LogP contribution in [-0.4, -0.2) is 31.4 Å². The highest BCUT2D eigenvalue weighted by Gasteiger charge is 2.47. The molecule has 0 bridgehead atoms. The Morgan fingerprint density at radius 1 is 1.06 bits per heavy atom. The van der Waals surface area contributed by atoms with Crippen molar-refractivity contribution in [1.29, 1.82) is 0 Å². The first kappa shape index (κ1) is 25.2. The van der Waals surface area contributed by atoms with E-state index in [9.17, 15) is 14.4 Å². The van der Waals surface area contributed by atoms with Crippen LogP contribution in [0, 0.1) is 11.8 Å². The first-order valence-corrected chi connectivity index (χ1v) is 12.2. The molecule has 7 nitrogen and oxygen atoms in total. The molecule has 188 valence electrons. The Bertz CT molecular complexity index is 1230. The number of esters is 2. The Morgan fingerprint density at radius 3 is 2.47 bits per heavy atom. The number of dihydropyridines is 1. The van der Waals surface area contributed by atoms with Crippen LogP contribution >= 0.6 is 0 Å². The fraction of sp³-hybridized carbons (Fsp3) is 0.345. The first-order valence-electron chi connectivity index (χ1n) is 12.2. The third-order valence-corrected chi connectivity index (χ3v) is 6.57. The highest BCUT2D eigenvalue weighted by Crippen LogP contribution is 2.46. The second-order valence-corrected chi connectivity index (χ2v) is 9.16. The summed E-state index contributed by atoms with van der Waals surface area (Å²) in [4.78, 5) is 39.7. The maximum atomic E-state index is 13.8. The van der Waals surface area contributed by atoms with Crippen LogP contribution in [-0.2, 0) is 23.9 Å². The van der Waals surface area contributed by atoms with Crippen LogP contribution < -0.4 is 10.1 Å². The molecule has 1 aliphatic carbocycles. The zero-order chi connectivity index (χ0) is 25.8. The summed E-state index contributed by atoms with van der Waals surface area (Å²) >= 11 is 0. The summed E-state index contributed by atoms with van der Waals surface area (Å²) in [6.45, 7) is 5.86. The van der Waals surface area contributed by atoms with Crippen LogP contribution in [0.1, 0.15) is 45.1 Å². The molecule has 0 saturated heterocycles. The topological polar surface area (TPSA) is 90.9 Å². The molecule has 0 fully saturated rings. The molecule has 1 N–H and O–H groups in total. The van der Waals surface area contributed by atoms with Crippen molar-refractivity contribution >= 4 is 17.7 Å². The smallest absolute Gasteiger partial charge is 0.336 e. The molecule has 1 aliphatic heterocycles. The van der Waals surface area contributed by atoms with Crippen LogP contribution in [0.2, 0.25) is 0 Å². The summed E-state index contributed by atoms with van der Waals surface area (Å²) in [6, 6.07) is 16.7. The lowest BCUT2D eigenvalue weighted by molar-refractivity contribution is -0.151. The van der Waals surface area contributed by atoms with Crippen molar-refractivity contribution in [2.24, 2.45) is 11.8 Å². The molecule has 2 aromatic carbocycles. The number of methoxy groups -OCH3 is 1. The molecule has 0 saturated carbocycles. The molecule has 0 aromatic heterocycles. The number of para-hydroxylation sites is 1. The van der Waals surface area contributed by atoms with Gasteiger partial charge < -0.3 is 19.5 Å². The minimum Gasteiger partial charge on any atom is -0.468 e. The maximum absolute atomic E-state index is 13.8. The van der Waals surface area contributed by atoms with Crippen LogP contribution in [0.3, 0.4) is 0 Å². The molecule has 2 aromatic rings. The van der Waals surface area contributed by atoms with E-state index < -0.39 is 23.8 Å². The van der Waals surface area contributed by atoms with E-state index in [-0.39, 0.29) is 18.3 Å². The van der Waals surface area contributed by atoms with E-state index in [1.807, 2.05) is 75.4 Å². The van der Waals surface area contributed by atoms with E-state index >= 15 is 0 Å². The summed E-state index contributed by atoms with van der Waals surface area (Å²) in [6.07, 6.45) is 1.15. The monoisotopic (exact) mass is 489 g/mol. The Labute approximate surface area is 211 Å². The lowest BCUT2D eigenvalue weighted by atomic mass is 9.69. The minimum atomic E-state index is -0.937. The molecule has 0 radical (unpaired) electrons. The third-order valence-electron chi connectivity index (χ3n) is 6.57. The van der Waals surface area contributed by atoms with Crippen LogP contribution in [0.25, 0.3) is 0 Å². The van der Waals surface area contributed by atoms with Crippen LogP contribution in [0.4, 0.5) is 0 Å². The van der Waals surface area contributed by atoms with E-state index in [1.54, 1.807) is 0 Å². The third kappa shape index (κ3) is 4.91. The predicted molar refractivity (Wildman–Crippen MR) is 134 cm³/mol. The summed E-state index contributed by atoms with van der Waals surface area (Å²) in [5, 5.41) is 3.27. The minimum absolute atomic E-state index is 0.244. The number of ketones is 1. The standard InChI is InChI=1S/C29H31NO6/c1-5-14-35-29(33)24-18(3)30-22-15-17(2)23(28(32)34-4)27(31)26(22)25(24)19-10-9-13-21(16-19)36-20-11-7-6-8-12-20/h6-13,16-17,23,25,30H,5,14-15H2,1-4H3/t17-,23+,25+/m0/s1. The zero-order valence-electron chi connectivity index (χ0n) is 21.0. The van der Waals surface area contributed by atoms with E-state index in [1.165, 1.54) is 7.11 Å². The van der Waals surface area contributed by atoms with Gasteiger partial charge in [-0.2, -0.15) is 0 Å². The summed E-state index contributed by atoms with van der Waals surface area (Å²) in [5.41, 5.74) is 2.80. The Morgan fingerprint density at radius 2 is 1.78 bits per heavy atom. The van der Waals surface area contributed by atoms with E-state index in [0.29, 0.717) is 46.7 Å². The lowest BCUT2D eigenvalue weighted by Gasteiger charge is -2.38. The number of ether oxygens (including phenoxy) is 3. The summed E-state index contributed by atoms with van der Waals surface area (Å²) in [5.74, 6) is -2.05. The van der Waals surface area contributed by atoms with Gasteiger partial charge in [0.05, 0.1) is 19.3 Å². The first-order chi connectivity index (χ1) is 17.3. The van der Waals surface area contributed by atoms with Gasteiger partial charge in [0.2, 0.25) is 0 Å². The predicted octanol–water partition coefficient (Wildman–Crippen LogP) is 5.05. The van der Waals surface area contributed by atoms with Crippen molar-refractivity contribution in [1.82, 2.24) is 5.32 Å². The number of hydrogen-bond donors (Lipinski definition) is 1. The molecule has 0 unspecified atom stereocenters. The van der Waals surface area contributed by atoms with Crippen molar-refractivity contribution in [3.63, 3.8) is 0 Å². The zero-order valence-corrected chi connectivity index (χ0v) is 21.0. The van der Waals surface area contributed by atoms with Gasteiger partial charge in [0.15, 0.2) is 5.78 Å². The Kier molecular flexibility index (Phi) is 7.58. The van der Waals surface area contributed by atoms with Gasteiger partial charge in [0.25, 0.3) is 0 Å². The largest absolute Gasteiger partial charge is 0.468 e. The number of allylic oxidation sites excluding steroid dienone is 3. The molecule has 1 heterocycles. The van der Waals surface area contributed by atoms with Gasteiger partial charge in [-0.1, -0.05) is 44.2 Å². The van der Waals surface area contributed by atoms with Crippen molar-refractivity contribution in [2.45, 2.75) is 39.5 Å². The van der Waals surface area contributed by atoms with Crippen molar-refractivity contribution in [3.05, 3.63) is 82.7 Å². The average Bonchev–Trinajstić information content (AvgIpc) is 2.87. The van der Waals surface area contributed by atoms with Gasteiger partial charge in [0.1, 0.15) is 17.4 Å². The molecule has 0 amide bonds. The molecule has 36 heavy (non-hydrogen) atoms. The van der Waals surface area contributed by atoms with Gasteiger partial charge in [-0.15, -0.1) is 0 Å². The number of nitrogens with one attached hydrogen (secondary N) is 1. The van der Waals surface area contributed by atoms with Crippen LogP contribution in [0.5, 0.6) is 11.5 Å². The van der Waals surface area contributed by atoms with Gasteiger partial charge in [-0.3, -0.25) is 9.59 Å². The quantitative estimate of drug-likeness (QED) is 0.430. The molecular weight excluding hydrogens is 458 g/mol. The molecule has 2 aliphatic rings. The van der Waals surface area contributed by atoms with E-state index in [4.69, 9.17) is 14.2 Å². The molecular formula is C29H31NO6. The van der Waals surface area contributed by atoms with Crippen molar-refractivity contribution in [2.75, 3.05) is 13.7 Å². The number of carbonyl (C=O) groups is 3. The molecule has 3 atom stereocenters. The second kappa shape index (κ2) is 10.8. The molecule has 7 heteroatoms. The fourth-order valence-electron chi connectivity index (χ4n) is 4.94. The lowest BCUT2D eigenvalue weighted by Crippen LogP contribution is -2.43. The number of hydrogen-bond acceptors (Lipinski definition) is 7. The van der Waals surface area contributed by atoms with Crippen molar-refractivity contribution in [3.8, 4) is 11.5 Å². The number of carbonyl (C=O) groups excluding carboxylic acids is 3. The summed E-state index contributed by atoms with van der Waals surface area (Å²) in [7, 11) is 1.28. The number of rotatable bonds is 7. The van der Waals surface area contributed by atoms with Gasteiger partial charge in [-0.25, -0.2) is 4.79 Å². The normalized spacial score (nSPS) is 21.4. The van der Waals surface area contributed by atoms with Gasteiger partial charge in [-0.05, 0) is 55.5 Å². The Balaban J connectivity index is 1.82. The van der Waals surface area contributed by atoms with Crippen LogP contribution in [0.15, 0.2) is 77.1 Å².